The van der Waals surface area contributed by atoms with Crippen LogP contribution in [-0.4, -0.2) is 66.4 Å². The van der Waals surface area contributed by atoms with E-state index in [2.05, 4.69) is 110 Å². The van der Waals surface area contributed by atoms with Crippen molar-refractivity contribution in [2.45, 2.75) is 39.5 Å². The summed E-state index contributed by atoms with van der Waals surface area (Å²) in [6.45, 7) is 5.49. The van der Waals surface area contributed by atoms with E-state index in [9.17, 15) is 10.2 Å². The molecule has 6 N–H and O–H groups in total. The van der Waals surface area contributed by atoms with Gasteiger partial charge in [0.1, 0.15) is 11.6 Å². The van der Waals surface area contributed by atoms with Gasteiger partial charge in [0.05, 0.1) is 0 Å². The zero-order chi connectivity index (χ0) is 37.5. The van der Waals surface area contributed by atoms with Crippen LogP contribution in [0.1, 0.15) is 57.9 Å². The molecule has 0 spiro atoms. The Morgan fingerprint density at radius 1 is 0.500 bits per heavy atom. The van der Waals surface area contributed by atoms with Crippen molar-refractivity contribution in [1.82, 2.24) is 29.9 Å². The van der Waals surface area contributed by atoms with Crippen molar-refractivity contribution in [2.24, 2.45) is 0 Å². The molecule has 0 unspecified atom stereocenters. The lowest BCUT2D eigenvalue weighted by molar-refractivity contribution is 0.292. The number of rotatable bonds is 18. The highest BCUT2D eigenvalue weighted by atomic mass is 16.3. The Balaban J connectivity index is 1.13. The zero-order valence-electron chi connectivity index (χ0n) is 30.6. The van der Waals surface area contributed by atoms with Crippen molar-refractivity contribution < 1.29 is 10.2 Å². The number of anilines is 6. The molecule has 0 saturated heterocycles. The van der Waals surface area contributed by atoms with Gasteiger partial charge in [-0.1, -0.05) is 84.9 Å². The number of aliphatic hydroxyl groups is 2. The molecule has 0 fully saturated rings. The number of hydrogen-bond donors (Lipinski definition) is 6. The smallest absolute Gasteiger partial charge is 0.232 e. The van der Waals surface area contributed by atoms with E-state index in [1.807, 2.05) is 54.6 Å². The standard InChI is InChI=1S/C42H46N10O2/c1-29-25-32(28-38-48-40(44-22-10-24-54)51-41(50-38)45-35-13-7-4-8-14-35)15-16-33(29)17-18-34-19-20-36(26-30(34)2)46-42-49-37(27-31-11-5-3-6-12-31)47-39(52-42)43-21-9-23-53/h3-8,11-20,25-26,53-54H,9-10,21-24,27-28H2,1-2H3,(H2,43,46,47,49,52)(H2,44,45,48,50,51)/b18-17+. The number of para-hydroxylation sites is 1. The molecule has 0 aliphatic carbocycles. The highest BCUT2D eigenvalue weighted by Crippen LogP contribution is 2.23. The van der Waals surface area contributed by atoms with E-state index in [4.69, 9.17) is 9.97 Å². The quantitative estimate of drug-likeness (QED) is 0.0394. The summed E-state index contributed by atoms with van der Waals surface area (Å²) in [5.74, 6) is 3.15. The molecule has 0 amide bonds. The summed E-state index contributed by atoms with van der Waals surface area (Å²) in [6.07, 6.45) is 6.57. The van der Waals surface area contributed by atoms with Crippen LogP contribution < -0.4 is 21.3 Å². The Labute approximate surface area is 316 Å². The number of aliphatic hydroxyl groups excluding tert-OH is 2. The predicted octanol–water partition coefficient (Wildman–Crippen LogP) is 7.10. The summed E-state index contributed by atoms with van der Waals surface area (Å²) in [5, 5.41) is 31.5. The number of benzene rings is 4. The molecule has 4 aromatic carbocycles. The average molecular weight is 723 g/mol. The zero-order valence-corrected chi connectivity index (χ0v) is 30.6. The van der Waals surface area contributed by atoms with Crippen LogP contribution in [0, 0.1) is 13.8 Å². The minimum Gasteiger partial charge on any atom is -0.396 e. The fourth-order valence-electron chi connectivity index (χ4n) is 5.72. The number of aryl methyl sites for hydroxylation is 2. The average Bonchev–Trinajstić information content (AvgIpc) is 3.16. The molecule has 12 heteroatoms. The van der Waals surface area contributed by atoms with Crippen LogP contribution in [0.2, 0.25) is 0 Å². The van der Waals surface area contributed by atoms with Gasteiger partial charge in [-0.3, -0.25) is 0 Å². The molecular formula is C42H46N10O2. The van der Waals surface area contributed by atoms with Crippen LogP contribution in [0.15, 0.2) is 97.1 Å². The second kappa shape index (κ2) is 19.0. The summed E-state index contributed by atoms with van der Waals surface area (Å²) in [6, 6.07) is 32.5. The molecule has 0 saturated carbocycles. The highest BCUT2D eigenvalue weighted by Gasteiger charge is 2.11. The largest absolute Gasteiger partial charge is 0.396 e. The topological polar surface area (TPSA) is 166 Å². The van der Waals surface area contributed by atoms with E-state index < -0.39 is 0 Å². The Morgan fingerprint density at radius 2 is 1.00 bits per heavy atom. The van der Waals surface area contributed by atoms with Gasteiger partial charge in [-0.05, 0) is 84.3 Å². The molecule has 54 heavy (non-hydrogen) atoms. The predicted molar refractivity (Wildman–Crippen MR) is 216 cm³/mol. The van der Waals surface area contributed by atoms with Crippen molar-refractivity contribution in [1.29, 1.82) is 0 Å². The van der Waals surface area contributed by atoms with Crippen molar-refractivity contribution in [3.63, 3.8) is 0 Å². The molecule has 276 valence electrons. The van der Waals surface area contributed by atoms with E-state index in [1.165, 1.54) is 0 Å². The summed E-state index contributed by atoms with van der Waals surface area (Å²) < 4.78 is 0. The van der Waals surface area contributed by atoms with Crippen molar-refractivity contribution >= 4 is 47.3 Å². The van der Waals surface area contributed by atoms with Crippen molar-refractivity contribution in [2.75, 3.05) is 47.6 Å². The number of aromatic nitrogens is 6. The molecule has 0 aliphatic rings. The Bertz CT molecular complexity index is 1990. The first kappa shape index (κ1) is 37.5. The highest BCUT2D eigenvalue weighted by molar-refractivity contribution is 5.74. The lowest BCUT2D eigenvalue weighted by atomic mass is 10.0. The third-order valence-electron chi connectivity index (χ3n) is 8.50. The molecular weight excluding hydrogens is 677 g/mol. The third kappa shape index (κ3) is 11.1. The molecule has 6 rings (SSSR count). The van der Waals surface area contributed by atoms with Crippen molar-refractivity contribution in [3.05, 3.63) is 142 Å². The Morgan fingerprint density at radius 3 is 1.56 bits per heavy atom. The first-order chi connectivity index (χ1) is 26.4. The number of hydrogen-bond acceptors (Lipinski definition) is 12. The molecule has 12 nitrogen and oxygen atoms in total. The van der Waals surface area contributed by atoms with Gasteiger partial charge in [0, 0.05) is 50.5 Å². The minimum absolute atomic E-state index is 0.0905. The van der Waals surface area contributed by atoms with Crippen LogP contribution in [0.5, 0.6) is 0 Å². The van der Waals surface area contributed by atoms with Gasteiger partial charge >= 0.3 is 0 Å². The molecule has 6 aromatic rings. The maximum absolute atomic E-state index is 9.22. The summed E-state index contributed by atoms with van der Waals surface area (Å²) in [5.41, 5.74) is 8.41. The molecule has 2 heterocycles. The summed E-state index contributed by atoms with van der Waals surface area (Å²) in [7, 11) is 0. The monoisotopic (exact) mass is 722 g/mol. The molecule has 0 radical (unpaired) electrons. The lowest BCUT2D eigenvalue weighted by Gasteiger charge is -2.12. The second-order valence-corrected chi connectivity index (χ2v) is 12.9. The minimum atomic E-state index is 0.0905. The van der Waals surface area contributed by atoms with Crippen LogP contribution in [-0.2, 0) is 12.8 Å². The Hall–Kier alpha value is -6.24. The van der Waals surface area contributed by atoms with E-state index in [-0.39, 0.29) is 13.2 Å². The molecule has 0 aliphatic heterocycles. The number of nitrogens with one attached hydrogen (secondary N) is 4. The van der Waals surface area contributed by atoms with Crippen LogP contribution in [0.25, 0.3) is 12.2 Å². The van der Waals surface area contributed by atoms with E-state index in [0.717, 1.165) is 44.8 Å². The fourth-order valence-corrected chi connectivity index (χ4v) is 5.72. The maximum Gasteiger partial charge on any atom is 0.232 e. The van der Waals surface area contributed by atoms with Crippen molar-refractivity contribution in [3.8, 4) is 0 Å². The first-order valence-electron chi connectivity index (χ1n) is 18.1. The lowest BCUT2D eigenvalue weighted by Crippen LogP contribution is -2.12. The van der Waals surface area contributed by atoms with E-state index in [0.29, 0.717) is 74.2 Å². The Kier molecular flexibility index (Phi) is 13.2. The van der Waals surface area contributed by atoms with Crippen LogP contribution in [0.4, 0.5) is 35.2 Å². The number of nitrogens with zero attached hydrogens (tertiary/aromatic N) is 6. The van der Waals surface area contributed by atoms with E-state index >= 15 is 0 Å². The molecule has 2 aromatic heterocycles. The summed E-state index contributed by atoms with van der Waals surface area (Å²) >= 11 is 0. The van der Waals surface area contributed by atoms with Gasteiger partial charge in [0.2, 0.25) is 23.8 Å². The van der Waals surface area contributed by atoms with E-state index in [1.54, 1.807) is 0 Å². The van der Waals surface area contributed by atoms with Gasteiger partial charge in [-0.25, -0.2) is 0 Å². The van der Waals surface area contributed by atoms with Gasteiger partial charge < -0.3 is 31.5 Å². The molecule has 0 atom stereocenters. The third-order valence-corrected chi connectivity index (χ3v) is 8.50. The van der Waals surface area contributed by atoms with Gasteiger partial charge in [0.15, 0.2) is 0 Å². The SMILES string of the molecule is Cc1cc(Cc2nc(NCCCO)nc(Nc3ccccc3)n2)ccc1/C=C/c1ccc(Nc2nc(Cc3ccccc3)nc(NCCCO)n2)cc1C. The van der Waals surface area contributed by atoms with Crippen LogP contribution in [0.3, 0.4) is 0 Å². The second-order valence-electron chi connectivity index (χ2n) is 12.9. The first-order valence-corrected chi connectivity index (χ1v) is 18.1. The summed E-state index contributed by atoms with van der Waals surface area (Å²) in [4.78, 5) is 27.8. The fraction of sp³-hybridized carbons (Fsp3) is 0.238. The van der Waals surface area contributed by atoms with Crippen LogP contribution >= 0.6 is 0 Å². The molecule has 0 bridgehead atoms. The maximum atomic E-state index is 9.22. The van der Waals surface area contributed by atoms with Gasteiger partial charge in [-0.2, -0.15) is 29.9 Å². The van der Waals surface area contributed by atoms with Gasteiger partial charge in [-0.15, -0.1) is 0 Å². The normalized spacial score (nSPS) is 11.1. The van der Waals surface area contributed by atoms with Gasteiger partial charge in [0.25, 0.3) is 0 Å².